The second kappa shape index (κ2) is 7.00. The largest absolute Gasteiger partial charge is 0.264 e. The van der Waals surface area contributed by atoms with E-state index in [-0.39, 0.29) is 0 Å². The lowest BCUT2D eigenvalue weighted by molar-refractivity contribution is 0.955. The Hall–Kier alpha value is -1.37. The van der Waals surface area contributed by atoms with Crippen molar-refractivity contribution in [3.8, 4) is 0 Å². The maximum absolute atomic E-state index is 4.11. The zero-order valence-electron chi connectivity index (χ0n) is 10.5. The minimum absolute atomic E-state index is 0.995. The van der Waals surface area contributed by atoms with E-state index in [1.165, 1.54) is 16.7 Å². The van der Waals surface area contributed by atoms with Crippen LogP contribution in [0.2, 0.25) is 0 Å². The Morgan fingerprint density at radius 3 is 2.69 bits per heavy atom. The van der Waals surface area contributed by atoms with Crippen LogP contribution >= 0.6 is 0 Å². The Balaban J connectivity index is 2.37. The molecule has 0 spiro atoms. The van der Waals surface area contributed by atoms with Gasteiger partial charge in [0.05, 0.1) is 0 Å². The molecule has 0 amide bonds. The third kappa shape index (κ3) is 5.50. The molecule has 0 atom stereocenters. The van der Waals surface area contributed by atoms with Crippen LogP contribution in [0.15, 0.2) is 47.8 Å². The summed E-state index contributed by atoms with van der Waals surface area (Å²) in [6, 6.07) is 4.11. The maximum Gasteiger partial charge on any atom is 0.0303 e. The van der Waals surface area contributed by atoms with Gasteiger partial charge in [-0.2, -0.15) is 0 Å². The molecule has 1 aromatic heterocycles. The van der Waals surface area contributed by atoms with E-state index in [9.17, 15) is 0 Å². The molecule has 0 radical (unpaired) electrons. The van der Waals surface area contributed by atoms with Crippen LogP contribution in [-0.2, 0) is 6.42 Å². The second-order valence-corrected chi connectivity index (χ2v) is 4.44. The van der Waals surface area contributed by atoms with E-state index in [1.54, 1.807) is 0 Å². The summed E-state index contributed by atoms with van der Waals surface area (Å²) in [5.74, 6) is 0. The molecule has 0 bridgehead atoms. The summed E-state index contributed by atoms with van der Waals surface area (Å²) in [7, 11) is 0. The highest BCUT2D eigenvalue weighted by atomic mass is 14.6. The predicted molar refractivity (Wildman–Crippen MR) is 70.4 cm³/mol. The molecule has 0 aliphatic heterocycles. The van der Waals surface area contributed by atoms with E-state index >= 15 is 0 Å². The predicted octanol–water partition coefficient (Wildman–Crippen LogP) is 4.32. The van der Waals surface area contributed by atoms with Crippen LogP contribution in [0, 0.1) is 0 Å². The zero-order chi connectivity index (χ0) is 11.8. The lowest BCUT2D eigenvalue weighted by Crippen LogP contribution is -1.84. The molecule has 86 valence electrons. The first-order valence-corrected chi connectivity index (χ1v) is 5.86. The molecule has 1 aromatic rings. The SMILES string of the molecule is CC(C)=CCC/C(C)=C/Cc1cccnc1. The number of pyridine rings is 1. The molecule has 0 unspecified atom stereocenters. The van der Waals surface area contributed by atoms with E-state index in [1.807, 2.05) is 18.5 Å². The number of allylic oxidation sites excluding steroid dienone is 4. The number of hydrogen-bond acceptors (Lipinski definition) is 1. The number of nitrogens with zero attached hydrogens (tertiary/aromatic N) is 1. The Morgan fingerprint density at radius 1 is 1.25 bits per heavy atom. The molecule has 0 saturated carbocycles. The van der Waals surface area contributed by atoms with Crippen molar-refractivity contribution in [2.24, 2.45) is 0 Å². The second-order valence-electron chi connectivity index (χ2n) is 4.44. The molecule has 16 heavy (non-hydrogen) atoms. The highest BCUT2D eigenvalue weighted by Gasteiger charge is 1.91. The summed E-state index contributed by atoms with van der Waals surface area (Å²) >= 11 is 0. The van der Waals surface area contributed by atoms with E-state index in [0.717, 1.165) is 19.3 Å². The van der Waals surface area contributed by atoms with Crippen molar-refractivity contribution < 1.29 is 0 Å². The van der Waals surface area contributed by atoms with Crippen molar-refractivity contribution in [1.82, 2.24) is 4.98 Å². The monoisotopic (exact) mass is 215 g/mol. The number of aromatic nitrogens is 1. The normalized spacial score (nSPS) is 11.3. The zero-order valence-corrected chi connectivity index (χ0v) is 10.5. The quantitative estimate of drug-likeness (QED) is 0.667. The van der Waals surface area contributed by atoms with Gasteiger partial charge in [0.2, 0.25) is 0 Å². The third-order valence-corrected chi connectivity index (χ3v) is 2.50. The summed E-state index contributed by atoms with van der Waals surface area (Å²) in [5.41, 5.74) is 4.14. The standard InChI is InChI=1S/C15H21N/c1-13(2)6-4-7-14(3)9-10-15-8-5-11-16-12-15/h5-6,8-9,11-12H,4,7,10H2,1-3H3/b14-9+. The van der Waals surface area contributed by atoms with E-state index < -0.39 is 0 Å². The first kappa shape index (κ1) is 12.7. The van der Waals surface area contributed by atoms with E-state index in [4.69, 9.17) is 0 Å². The van der Waals surface area contributed by atoms with Crippen molar-refractivity contribution in [3.05, 3.63) is 53.4 Å². The maximum atomic E-state index is 4.11. The first-order valence-electron chi connectivity index (χ1n) is 5.86. The molecule has 0 saturated heterocycles. The van der Waals surface area contributed by atoms with E-state index in [0.29, 0.717) is 0 Å². The van der Waals surface area contributed by atoms with Gasteiger partial charge >= 0.3 is 0 Å². The smallest absolute Gasteiger partial charge is 0.0303 e. The average Bonchev–Trinajstić information content (AvgIpc) is 2.27. The molecule has 1 heterocycles. The topological polar surface area (TPSA) is 12.9 Å². The van der Waals surface area contributed by atoms with Gasteiger partial charge in [0.25, 0.3) is 0 Å². The first-order chi connectivity index (χ1) is 7.68. The minimum Gasteiger partial charge on any atom is -0.264 e. The molecule has 0 N–H and O–H groups in total. The van der Waals surface area contributed by atoms with Gasteiger partial charge in [0, 0.05) is 12.4 Å². The van der Waals surface area contributed by atoms with Gasteiger partial charge in [-0.15, -0.1) is 0 Å². The lowest BCUT2D eigenvalue weighted by Gasteiger charge is -1.99. The minimum atomic E-state index is 0.995. The Bertz CT molecular complexity index is 356. The summed E-state index contributed by atoms with van der Waals surface area (Å²) < 4.78 is 0. The van der Waals surface area contributed by atoms with Crippen molar-refractivity contribution in [2.45, 2.75) is 40.0 Å². The molecule has 0 aliphatic carbocycles. The number of hydrogen-bond donors (Lipinski definition) is 0. The highest BCUT2D eigenvalue weighted by molar-refractivity contribution is 5.14. The van der Waals surface area contributed by atoms with Crippen molar-refractivity contribution in [2.75, 3.05) is 0 Å². The van der Waals surface area contributed by atoms with Gasteiger partial charge in [-0.05, 0) is 51.7 Å². The molecule has 0 aliphatic rings. The molecule has 0 fully saturated rings. The molecule has 1 nitrogen and oxygen atoms in total. The van der Waals surface area contributed by atoms with Crippen molar-refractivity contribution >= 4 is 0 Å². The van der Waals surface area contributed by atoms with Gasteiger partial charge in [-0.1, -0.05) is 29.4 Å². The van der Waals surface area contributed by atoms with Gasteiger partial charge in [0.1, 0.15) is 0 Å². The van der Waals surface area contributed by atoms with Gasteiger partial charge in [-0.3, -0.25) is 4.98 Å². The molecule has 1 heteroatoms. The molecular weight excluding hydrogens is 194 g/mol. The Morgan fingerprint density at radius 2 is 2.06 bits per heavy atom. The van der Waals surface area contributed by atoms with Crippen molar-refractivity contribution in [1.29, 1.82) is 0 Å². The fraction of sp³-hybridized carbons (Fsp3) is 0.400. The Labute approximate surface area is 98.9 Å². The van der Waals surface area contributed by atoms with Crippen LogP contribution in [0.5, 0.6) is 0 Å². The summed E-state index contributed by atoms with van der Waals surface area (Å²) in [5, 5.41) is 0. The fourth-order valence-corrected chi connectivity index (χ4v) is 1.50. The Kier molecular flexibility index (Phi) is 5.55. The van der Waals surface area contributed by atoms with Crippen LogP contribution in [0.25, 0.3) is 0 Å². The average molecular weight is 215 g/mol. The van der Waals surface area contributed by atoms with Crippen LogP contribution in [0.3, 0.4) is 0 Å². The van der Waals surface area contributed by atoms with Crippen LogP contribution < -0.4 is 0 Å². The van der Waals surface area contributed by atoms with Crippen LogP contribution in [0.1, 0.15) is 39.2 Å². The van der Waals surface area contributed by atoms with Crippen molar-refractivity contribution in [3.63, 3.8) is 0 Å². The van der Waals surface area contributed by atoms with Gasteiger partial charge in [-0.25, -0.2) is 0 Å². The molecular formula is C15H21N. The third-order valence-electron chi connectivity index (χ3n) is 2.50. The van der Waals surface area contributed by atoms with Crippen LogP contribution in [0.4, 0.5) is 0 Å². The van der Waals surface area contributed by atoms with Gasteiger partial charge in [0.15, 0.2) is 0 Å². The molecule has 0 aromatic carbocycles. The molecule has 1 rings (SSSR count). The fourth-order valence-electron chi connectivity index (χ4n) is 1.50. The van der Waals surface area contributed by atoms with Gasteiger partial charge < -0.3 is 0 Å². The number of rotatable bonds is 5. The summed E-state index contributed by atoms with van der Waals surface area (Å²) in [6.45, 7) is 6.50. The lowest BCUT2D eigenvalue weighted by atomic mass is 10.1. The van der Waals surface area contributed by atoms with E-state index in [2.05, 4.69) is 44.0 Å². The van der Waals surface area contributed by atoms with Crippen LogP contribution in [-0.4, -0.2) is 4.98 Å². The highest BCUT2D eigenvalue weighted by Crippen LogP contribution is 2.08. The summed E-state index contributed by atoms with van der Waals surface area (Å²) in [6.07, 6.45) is 11.6. The summed E-state index contributed by atoms with van der Waals surface area (Å²) in [4.78, 5) is 4.11.